The molecule has 0 radical (unpaired) electrons. The van der Waals surface area contributed by atoms with Crippen molar-refractivity contribution in [3.63, 3.8) is 0 Å². The predicted molar refractivity (Wildman–Crippen MR) is 84.7 cm³/mol. The first-order valence-corrected chi connectivity index (χ1v) is 8.25. The molecular weight excluding hydrogens is 280 g/mol. The number of carbonyl (C=O) groups is 2. The highest BCUT2D eigenvalue weighted by molar-refractivity contribution is 5.95. The summed E-state index contributed by atoms with van der Waals surface area (Å²) >= 11 is 0. The molecule has 1 aromatic rings. The summed E-state index contributed by atoms with van der Waals surface area (Å²) in [5, 5.41) is 2.92. The molecule has 0 bridgehead atoms. The summed E-state index contributed by atoms with van der Waals surface area (Å²) < 4.78 is 5.21. The molecule has 2 amide bonds. The lowest BCUT2D eigenvalue weighted by molar-refractivity contribution is -0.121. The topological polar surface area (TPSA) is 62.6 Å². The lowest BCUT2D eigenvalue weighted by atomic mass is 10.2. The Kier molecular flexibility index (Phi) is 6.04. The molecular formula is C17H26N2O3. The fourth-order valence-electron chi connectivity index (χ4n) is 2.51. The Morgan fingerprint density at radius 1 is 1.36 bits per heavy atom. The maximum atomic E-state index is 12.6. The van der Waals surface area contributed by atoms with Crippen LogP contribution in [-0.2, 0) is 4.79 Å². The SMILES string of the molecule is CCCCCNC(=O)CCN(C(=O)c1ccoc1C)C1CC1. The average Bonchev–Trinajstić information content (AvgIpc) is 3.24. The van der Waals surface area contributed by atoms with Crippen molar-refractivity contribution >= 4 is 11.8 Å². The number of rotatable bonds is 9. The van der Waals surface area contributed by atoms with E-state index < -0.39 is 0 Å². The summed E-state index contributed by atoms with van der Waals surface area (Å²) in [7, 11) is 0. The van der Waals surface area contributed by atoms with E-state index in [-0.39, 0.29) is 17.9 Å². The fraction of sp³-hybridized carbons (Fsp3) is 0.647. The molecule has 2 rings (SSSR count). The third-order valence-electron chi connectivity index (χ3n) is 4.02. The molecule has 1 fully saturated rings. The van der Waals surface area contributed by atoms with Gasteiger partial charge in [0.05, 0.1) is 11.8 Å². The molecule has 5 nitrogen and oxygen atoms in total. The number of carbonyl (C=O) groups excluding carboxylic acids is 2. The van der Waals surface area contributed by atoms with Gasteiger partial charge in [-0.15, -0.1) is 0 Å². The number of hydrogen-bond donors (Lipinski definition) is 1. The summed E-state index contributed by atoms with van der Waals surface area (Å²) in [6, 6.07) is 1.99. The van der Waals surface area contributed by atoms with Crippen LogP contribution in [0.2, 0.25) is 0 Å². The van der Waals surface area contributed by atoms with Gasteiger partial charge in [0.25, 0.3) is 5.91 Å². The van der Waals surface area contributed by atoms with Crippen molar-refractivity contribution in [2.75, 3.05) is 13.1 Å². The Hall–Kier alpha value is -1.78. The van der Waals surface area contributed by atoms with Gasteiger partial charge < -0.3 is 14.6 Å². The van der Waals surface area contributed by atoms with Crippen molar-refractivity contribution in [2.24, 2.45) is 0 Å². The highest BCUT2D eigenvalue weighted by Gasteiger charge is 2.34. The lowest BCUT2D eigenvalue weighted by Gasteiger charge is -2.22. The zero-order chi connectivity index (χ0) is 15.9. The molecule has 1 saturated carbocycles. The summed E-state index contributed by atoms with van der Waals surface area (Å²) in [6.07, 6.45) is 7.25. The van der Waals surface area contributed by atoms with E-state index in [0.29, 0.717) is 24.3 Å². The number of furan rings is 1. The van der Waals surface area contributed by atoms with Gasteiger partial charge in [-0.05, 0) is 32.3 Å². The van der Waals surface area contributed by atoms with Crippen LogP contribution in [0.15, 0.2) is 16.7 Å². The number of unbranched alkanes of at least 4 members (excludes halogenated alkanes) is 2. The monoisotopic (exact) mass is 306 g/mol. The Morgan fingerprint density at radius 2 is 2.14 bits per heavy atom. The molecule has 1 aliphatic carbocycles. The maximum Gasteiger partial charge on any atom is 0.257 e. The van der Waals surface area contributed by atoms with E-state index >= 15 is 0 Å². The van der Waals surface area contributed by atoms with Crippen molar-refractivity contribution in [1.82, 2.24) is 10.2 Å². The highest BCUT2D eigenvalue weighted by Crippen LogP contribution is 2.29. The van der Waals surface area contributed by atoms with E-state index in [9.17, 15) is 9.59 Å². The molecule has 0 spiro atoms. The molecule has 0 saturated heterocycles. The second kappa shape index (κ2) is 8.01. The van der Waals surface area contributed by atoms with Crippen molar-refractivity contribution in [3.8, 4) is 0 Å². The molecule has 1 aliphatic rings. The second-order valence-corrected chi connectivity index (χ2v) is 5.93. The van der Waals surface area contributed by atoms with Gasteiger partial charge >= 0.3 is 0 Å². The molecule has 1 aromatic heterocycles. The largest absolute Gasteiger partial charge is 0.469 e. The molecule has 0 aromatic carbocycles. The third kappa shape index (κ3) is 4.61. The zero-order valence-electron chi connectivity index (χ0n) is 13.6. The van der Waals surface area contributed by atoms with Gasteiger partial charge in [-0.1, -0.05) is 19.8 Å². The zero-order valence-corrected chi connectivity index (χ0v) is 13.6. The van der Waals surface area contributed by atoms with Gasteiger partial charge in [-0.25, -0.2) is 0 Å². The van der Waals surface area contributed by atoms with E-state index in [2.05, 4.69) is 12.2 Å². The van der Waals surface area contributed by atoms with Gasteiger partial charge in [0.1, 0.15) is 5.76 Å². The quantitative estimate of drug-likeness (QED) is 0.714. The normalized spacial score (nSPS) is 13.9. The molecule has 0 aliphatic heterocycles. The lowest BCUT2D eigenvalue weighted by Crippen LogP contribution is -2.37. The molecule has 1 N–H and O–H groups in total. The van der Waals surface area contributed by atoms with Gasteiger partial charge in [-0.2, -0.15) is 0 Å². The number of amides is 2. The summed E-state index contributed by atoms with van der Waals surface area (Å²) in [5.74, 6) is 0.644. The highest BCUT2D eigenvalue weighted by atomic mass is 16.3. The first-order chi connectivity index (χ1) is 10.6. The number of hydrogen-bond acceptors (Lipinski definition) is 3. The fourth-order valence-corrected chi connectivity index (χ4v) is 2.51. The van der Waals surface area contributed by atoms with Crippen LogP contribution in [0.4, 0.5) is 0 Å². The molecule has 0 atom stereocenters. The van der Waals surface area contributed by atoms with Gasteiger partial charge in [-0.3, -0.25) is 9.59 Å². The predicted octanol–water partition coefficient (Wildman–Crippen LogP) is 2.89. The molecule has 22 heavy (non-hydrogen) atoms. The van der Waals surface area contributed by atoms with E-state index in [1.165, 1.54) is 6.26 Å². The van der Waals surface area contributed by atoms with Crippen LogP contribution < -0.4 is 5.32 Å². The number of aryl methyl sites for hydroxylation is 1. The smallest absolute Gasteiger partial charge is 0.257 e. The van der Waals surface area contributed by atoms with Crippen LogP contribution in [0, 0.1) is 6.92 Å². The minimum atomic E-state index is -0.0208. The molecule has 0 unspecified atom stereocenters. The van der Waals surface area contributed by atoms with Crippen LogP contribution in [0.1, 0.15) is 61.6 Å². The van der Waals surface area contributed by atoms with Crippen molar-refractivity contribution in [3.05, 3.63) is 23.7 Å². The second-order valence-electron chi connectivity index (χ2n) is 5.93. The van der Waals surface area contributed by atoms with Crippen LogP contribution in [-0.4, -0.2) is 35.8 Å². The van der Waals surface area contributed by atoms with E-state index in [0.717, 1.165) is 38.6 Å². The molecule has 1 heterocycles. The van der Waals surface area contributed by atoms with Gasteiger partial charge in [0.2, 0.25) is 5.91 Å². The Morgan fingerprint density at radius 3 is 2.73 bits per heavy atom. The number of nitrogens with zero attached hydrogens (tertiary/aromatic N) is 1. The Balaban J connectivity index is 1.81. The van der Waals surface area contributed by atoms with Crippen LogP contribution in [0.25, 0.3) is 0 Å². The van der Waals surface area contributed by atoms with Crippen LogP contribution in [0.5, 0.6) is 0 Å². The molecule has 122 valence electrons. The number of nitrogens with one attached hydrogen (secondary N) is 1. The minimum absolute atomic E-state index is 0.0208. The van der Waals surface area contributed by atoms with E-state index in [1.807, 2.05) is 4.90 Å². The Bertz CT molecular complexity index is 506. The van der Waals surface area contributed by atoms with E-state index in [1.54, 1.807) is 13.0 Å². The maximum absolute atomic E-state index is 12.6. The third-order valence-corrected chi connectivity index (χ3v) is 4.02. The van der Waals surface area contributed by atoms with Crippen LogP contribution >= 0.6 is 0 Å². The average molecular weight is 306 g/mol. The van der Waals surface area contributed by atoms with Crippen LogP contribution in [0.3, 0.4) is 0 Å². The summed E-state index contributed by atoms with van der Waals surface area (Å²) in [5.41, 5.74) is 0.607. The van der Waals surface area contributed by atoms with Crippen molar-refractivity contribution in [1.29, 1.82) is 0 Å². The first-order valence-electron chi connectivity index (χ1n) is 8.25. The summed E-state index contributed by atoms with van der Waals surface area (Å²) in [4.78, 5) is 26.2. The van der Waals surface area contributed by atoms with Gasteiger partial charge in [0.15, 0.2) is 0 Å². The Labute approximate surface area is 132 Å². The van der Waals surface area contributed by atoms with Crippen molar-refractivity contribution in [2.45, 2.75) is 58.4 Å². The van der Waals surface area contributed by atoms with Gasteiger partial charge in [0, 0.05) is 25.6 Å². The molecule has 5 heteroatoms. The van der Waals surface area contributed by atoms with Crippen molar-refractivity contribution < 1.29 is 14.0 Å². The standard InChI is InChI=1S/C17H26N2O3/c1-3-4-5-10-18-16(20)8-11-19(14-6-7-14)17(21)15-9-12-22-13(15)2/h9,12,14H,3-8,10-11H2,1-2H3,(H,18,20). The minimum Gasteiger partial charge on any atom is -0.469 e. The first kappa shape index (κ1) is 16.6. The summed E-state index contributed by atoms with van der Waals surface area (Å²) in [6.45, 7) is 5.14. The van der Waals surface area contributed by atoms with E-state index in [4.69, 9.17) is 4.42 Å².